The van der Waals surface area contributed by atoms with Gasteiger partial charge in [0, 0.05) is 55.7 Å². The van der Waals surface area contributed by atoms with Gasteiger partial charge in [0.05, 0.1) is 23.1 Å². The zero-order valence-corrected chi connectivity index (χ0v) is 20.4. The molecule has 4 heterocycles. The monoisotopic (exact) mass is 528 g/mol. The number of nitrogens with zero attached hydrogens (tertiary/aromatic N) is 6. The van der Waals surface area contributed by atoms with E-state index in [2.05, 4.69) is 19.9 Å². The van der Waals surface area contributed by atoms with Crippen molar-refractivity contribution in [2.45, 2.75) is 11.7 Å². The maximum absolute atomic E-state index is 13.1. The molecule has 36 heavy (non-hydrogen) atoms. The predicted molar refractivity (Wildman–Crippen MR) is 130 cm³/mol. The van der Waals surface area contributed by atoms with E-state index < -0.39 is 10.0 Å². The maximum Gasteiger partial charge on any atom is 0.276 e. The lowest BCUT2D eigenvalue weighted by Crippen LogP contribution is -2.50. The molecule has 0 bridgehead atoms. The van der Waals surface area contributed by atoms with Crippen molar-refractivity contribution in [3.8, 4) is 11.5 Å². The van der Waals surface area contributed by atoms with Crippen molar-refractivity contribution in [3.63, 3.8) is 0 Å². The van der Waals surface area contributed by atoms with E-state index >= 15 is 0 Å². The molecular weight excluding hydrogens is 508 g/mol. The van der Waals surface area contributed by atoms with Crippen LogP contribution in [0.5, 0.6) is 0 Å². The number of amides is 1. The molecule has 1 aromatic carbocycles. The second-order valence-corrected chi connectivity index (χ2v) is 10.4. The van der Waals surface area contributed by atoms with Gasteiger partial charge in [-0.2, -0.15) is 9.04 Å². The normalized spacial score (nSPS) is 14.9. The Balaban J connectivity index is 1.27. The number of carbonyl (C=O) groups excluding carboxylic acids is 1. The number of nitrogens with two attached hydrogens (primary N) is 1. The molecule has 0 atom stereocenters. The van der Waals surface area contributed by atoms with Crippen LogP contribution in [0.1, 0.15) is 16.1 Å². The SMILES string of the molecule is NCc1cccc(-c2ncc(C(=O)N3CCN(S(=O)(=O)c4nc5ccc(Cl)cc5[nH]4)CC3)cn2)[n+]1[O-]. The summed E-state index contributed by atoms with van der Waals surface area (Å²) in [5, 5.41) is 12.7. The molecule has 14 heteroatoms. The van der Waals surface area contributed by atoms with E-state index in [9.17, 15) is 18.4 Å². The number of hydrogen-bond donors (Lipinski definition) is 2. The number of rotatable bonds is 5. The number of aromatic nitrogens is 5. The minimum Gasteiger partial charge on any atom is -0.618 e. The second kappa shape index (κ2) is 9.43. The summed E-state index contributed by atoms with van der Waals surface area (Å²) < 4.78 is 28.1. The Morgan fingerprint density at radius 3 is 2.56 bits per heavy atom. The molecule has 1 amide bonds. The Hall–Kier alpha value is -3.65. The number of hydrogen-bond acceptors (Lipinski definition) is 8. The number of fused-ring (bicyclic) bond motifs is 1. The standard InChI is InChI=1S/C22H21ClN8O4S/c23-15-4-5-17-18(10-15)28-22(27-17)36(34,35)30-8-6-29(7-9-30)21(32)14-12-25-20(26-13-14)19-3-1-2-16(11-24)31(19)33/h1-5,10,12-13H,6-9,11,24H2,(H,27,28). The van der Waals surface area contributed by atoms with E-state index in [0.29, 0.717) is 26.5 Å². The summed E-state index contributed by atoms with van der Waals surface area (Å²) in [4.78, 5) is 29.8. The number of H-pyrrole nitrogens is 1. The summed E-state index contributed by atoms with van der Waals surface area (Å²) in [5.74, 6) is -0.164. The van der Waals surface area contributed by atoms with Crippen LogP contribution in [0.15, 0.2) is 53.9 Å². The van der Waals surface area contributed by atoms with Crippen LogP contribution in [0.3, 0.4) is 0 Å². The molecule has 0 radical (unpaired) electrons. The molecule has 0 aliphatic carbocycles. The van der Waals surface area contributed by atoms with Gasteiger partial charge in [-0.25, -0.2) is 23.4 Å². The highest BCUT2D eigenvalue weighted by Gasteiger charge is 2.33. The number of sulfonamides is 1. The Morgan fingerprint density at radius 1 is 1.14 bits per heavy atom. The molecule has 1 aliphatic rings. The summed E-state index contributed by atoms with van der Waals surface area (Å²) in [7, 11) is -3.88. The van der Waals surface area contributed by atoms with E-state index in [-0.39, 0.29) is 60.9 Å². The van der Waals surface area contributed by atoms with Crippen LogP contribution in [0.2, 0.25) is 5.02 Å². The number of aromatic amines is 1. The van der Waals surface area contributed by atoms with Gasteiger partial charge in [-0.1, -0.05) is 11.6 Å². The van der Waals surface area contributed by atoms with Crippen molar-refractivity contribution >= 4 is 38.6 Å². The Bertz CT molecular complexity index is 1550. The average molecular weight is 529 g/mol. The van der Waals surface area contributed by atoms with E-state index in [0.717, 1.165) is 0 Å². The fraction of sp³-hybridized carbons (Fsp3) is 0.227. The van der Waals surface area contributed by atoms with Crippen LogP contribution in [-0.2, 0) is 16.6 Å². The van der Waals surface area contributed by atoms with Gasteiger partial charge in [0.1, 0.15) is 0 Å². The highest BCUT2D eigenvalue weighted by atomic mass is 35.5. The van der Waals surface area contributed by atoms with Gasteiger partial charge in [-0.05, 0) is 24.3 Å². The van der Waals surface area contributed by atoms with Gasteiger partial charge < -0.3 is 20.8 Å². The summed E-state index contributed by atoms with van der Waals surface area (Å²) in [6, 6.07) is 9.75. The maximum atomic E-state index is 13.1. The number of imidazole rings is 1. The van der Waals surface area contributed by atoms with E-state index in [1.54, 1.807) is 36.4 Å². The lowest BCUT2D eigenvalue weighted by molar-refractivity contribution is -0.602. The third-order valence-corrected chi connectivity index (χ3v) is 7.85. The lowest BCUT2D eigenvalue weighted by Gasteiger charge is -2.33. The number of halogens is 1. The molecule has 1 fully saturated rings. The largest absolute Gasteiger partial charge is 0.618 e. The first kappa shape index (κ1) is 24.1. The smallest absolute Gasteiger partial charge is 0.276 e. The predicted octanol–water partition coefficient (Wildman–Crippen LogP) is 0.912. The Labute approximate surface area is 211 Å². The summed E-state index contributed by atoms with van der Waals surface area (Å²) >= 11 is 5.97. The third kappa shape index (κ3) is 4.37. The lowest BCUT2D eigenvalue weighted by atomic mass is 10.2. The summed E-state index contributed by atoms with van der Waals surface area (Å²) in [6.45, 7) is 0.649. The quantitative estimate of drug-likeness (QED) is 0.285. The van der Waals surface area contributed by atoms with Crippen LogP contribution in [-0.4, -0.2) is 69.6 Å². The zero-order chi connectivity index (χ0) is 25.4. The summed E-state index contributed by atoms with van der Waals surface area (Å²) in [5.41, 5.74) is 7.42. The topological polar surface area (TPSA) is 165 Å². The molecule has 4 aromatic rings. The van der Waals surface area contributed by atoms with Gasteiger partial charge in [-0.15, -0.1) is 0 Å². The molecule has 5 rings (SSSR count). The minimum absolute atomic E-state index is 0.0697. The van der Waals surface area contributed by atoms with Crippen molar-refractivity contribution in [2.24, 2.45) is 5.73 Å². The van der Waals surface area contributed by atoms with Crippen molar-refractivity contribution in [1.29, 1.82) is 0 Å². The van der Waals surface area contributed by atoms with Crippen LogP contribution in [0, 0.1) is 5.21 Å². The highest BCUT2D eigenvalue weighted by molar-refractivity contribution is 7.89. The van der Waals surface area contributed by atoms with Gasteiger partial charge in [-0.3, -0.25) is 4.79 Å². The fourth-order valence-corrected chi connectivity index (χ4v) is 5.46. The van der Waals surface area contributed by atoms with E-state index in [1.807, 2.05) is 0 Å². The molecule has 3 N–H and O–H groups in total. The molecule has 3 aromatic heterocycles. The van der Waals surface area contributed by atoms with Crippen LogP contribution in [0.25, 0.3) is 22.6 Å². The van der Waals surface area contributed by atoms with Gasteiger partial charge in [0.15, 0.2) is 0 Å². The van der Waals surface area contributed by atoms with Crippen LogP contribution >= 0.6 is 11.6 Å². The van der Waals surface area contributed by atoms with Gasteiger partial charge in [0.25, 0.3) is 21.6 Å². The first-order valence-corrected chi connectivity index (χ1v) is 12.8. The number of benzene rings is 1. The van der Waals surface area contributed by atoms with Crippen molar-refractivity contribution < 1.29 is 17.9 Å². The fourth-order valence-electron chi connectivity index (χ4n) is 3.94. The zero-order valence-electron chi connectivity index (χ0n) is 18.8. The number of pyridine rings is 1. The molecular formula is C22H21ClN8O4S. The van der Waals surface area contributed by atoms with Crippen LogP contribution in [0.4, 0.5) is 0 Å². The first-order valence-electron chi connectivity index (χ1n) is 11.0. The molecule has 12 nitrogen and oxygen atoms in total. The number of carbonyl (C=O) groups is 1. The Kier molecular flexibility index (Phi) is 6.30. The molecule has 1 aliphatic heterocycles. The first-order chi connectivity index (χ1) is 17.3. The molecule has 0 unspecified atom stereocenters. The van der Waals surface area contributed by atoms with E-state index in [4.69, 9.17) is 17.3 Å². The molecule has 186 valence electrons. The van der Waals surface area contributed by atoms with Crippen molar-refractivity contribution in [1.82, 2.24) is 29.1 Å². The summed E-state index contributed by atoms with van der Waals surface area (Å²) in [6.07, 6.45) is 2.70. The van der Waals surface area contributed by atoms with E-state index in [1.165, 1.54) is 21.6 Å². The second-order valence-electron chi connectivity index (χ2n) is 8.10. The number of piperazine rings is 1. The van der Waals surface area contributed by atoms with Crippen LogP contribution < -0.4 is 10.5 Å². The minimum atomic E-state index is -3.88. The molecule has 0 spiro atoms. The van der Waals surface area contributed by atoms with Crippen molar-refractivity contribution in [2.75, 3.05) is 26.2 Å². The Morgan fingerprint density at radius 2 is 1.86 bits per heavy atom. The van der Waals surface area contributed by atoms with Crippen molar-refractivity contribution in [3.05, 3.63) is 70.3 Å². The number of nitrogens with one attached hydrogen (secondary N) is 1. The molecule has 1 saturated heterocycles. The average Bonchev–Trinajstić information content (AvgIpc) is 3.33. The highest BCUT2D eigenvalue weighted by Crippen LogP contribution is 2.22. The van der Waals surface area contributed by atoms with Gasteiger partial charge in [0.2, 0.25) is 16.7 Å². The molecule has 0 saturated carbocycles. The third-order valence-electron chi connectivity index (χ3n) is 5.89. The van der Waals surface area contributed by atoms with Gasteiger partial charge >= 0.3 is 0 Å².